The van der Waals surface area contributed by atoms with Crippen LogP contribution in [0.5, 0.6) is 0 Å². The van der Waals surface area contributed by atoms with Gasteiger partial charge < -0.3 is 18.9 Å². The molecule has 1 aromatic carbocycles. The Morgan fingerprint density at radius 3 is 1.54 bits per heavy atom. The molecule has 0 aliphatic carbocycles. The van der Waals surface area contributed by atoms with Crippen molar-refractivity contribution in [3.63, 3.8) is 0 Å². The summed E-state index contributed by atoms with van der Waals surface area (Å²) in [6.45, 7) is 4.23. The summed E-state index contributed by atoms with van der Waals surface area (Å²) in [5.41, 5.74) is 0.403. The largest absolute Gasteiger partial charge is 0.462 e. The van der Waals surface area contributed by atoms with Crippen molar-refractivity contribution in [2.24, 2.45) is 0 Å². The molecule has 2 atom stereocenters. The molecule has 134 valence electrons. The van der Waals surface area contributed by atoms with E-state index in [4.69, 9.17) is 18.9 Å². The molecule has 0 fully saturated rings. The molecule has 24 heavy (non-hydrogen) atoms. The first-order valence-electron chi connectivity index (χ1n) is 7.98. The average molecular weight is 338 g/mol. The molecule has 6 nitrogen and oxygen atoms in total. The molecule has 0 saturated carbocycles. The van der Waals surface area contributed by atoms with E-state index in [1.54, 1.807) is 38.5 Å². The number of esters is 2. The third kappa shape index (κ3) is 6.68. The van der Waals surface area contributed by atoms with Gasteiger partial charge in [-0.15, -0.1) is 0 Å². The van der Waals surface area contributed by atoms with Crippen LogP contribution in [0.1, 0.15) is 47.4 Å². The van der Waals surface area contributed by atoms with Crippen LogP contribution in [0, 0.1) is 0 Å². The van der Waals surface area contributed by atoms with E-state index in [9.17, 15) is 9.59 Å². The molecule has 0 amide bonds. The van der Waals surface area contributed by atoms with Gasteiger partial charge in [-0.3, -0.25) is 0 Å². The summed E-state index contributed by atoms with van der Waals surface area (Å²) in [4.78, 5) is 24.4. The third-order valence-corrected chi connectivity index (χ3v) is 3.69. The molecular weight excluding hydrogens is 312 g/mol. The molecule has 0 aliphatic rings. The Balaban J connectivity index is 2.63. The summed E-state index contributed by atoms with van der Waals surface area (Å²) < 4.78 is 20.6. The van der Waals surface area contributed by atoms with Crippen LogP contribution < -0.4 is 0 Å². The Bertz CT molecular complexity index is 481. The van der Waals surface area contributed by atoms with Gasteiger partial charge in [0.25, 0.3) is 0 Å². The molecular formula is C18H26O6. The molecule has 0 aliphatic heterocycles. The van der Waals surface area contributed by atoms with E-state index < -0.39 is 11.9 Å². The maximum Gasteiger partial charge on any atom is 0.339 e. The lowest BCUT2D eigenvalue weighted by Gasteiger charge is -2.12. The Labute approximate surface area is 143 Å². The molecule has 0 radical (unpaired) electrons. The van der Waals surface area contributed by atoms with Crippen molar-refractivity contribution in [3.8, 4) is 0 Å². The topological polar surface area (TPSA) is 71.1 Å². The fourth-order valence-corrected chi connectivity index (χ4v) is 1.87. The SMILES string of the molecule is CO[C@H](C)CCOC(=O)c1ccccc1C(=O)OCC[C@@H](C)OC. The maximum absolute atomic E-state index is 12.2. The number of carbonyl (C=O) groups excluding carboxylic acids is 2. The molecule has 6 heteroatoms. The van der Waals surface area contributed by atoms with Gasteiger partial charge in [0.2, 0.25) is 0 Å². The highest BCUT2D eigenvalue weighted by Gasteiger charge is 2.19. The molecule has 0 spiro atoms. The minimum absolute atomic E-state index is 0.000725. The molecule has 0 unspecified atom stereocenters. The molecule has 1 aromatic rings. The van der Waals surface area contributed by atoms with Crippen molar-refractivity contribution in [3.05, 3.63) is 35.4 Å². The second kappa shape index (κ2) is 10.8. The van der Waals surface area contributed by atoms with Crippen molar-refractivity contribution >= 4 is 11.9 Å². The number of hydrogen-bond acceptors (Lipinski definition) is 6. The molecule has 0 aromatic heterocycles. The van der Waals surface area contributed by atoms with Crippen LogP contribution in [0.3, 0.4) is 0 Å². The first-order chi connectivity index (χ1) is 11.5. The van der Waals surface area contributed by atoms with E-state index in [-0.39, 0.29) is 36.5 Å². The summed E-state index contributed by atoms with van der Waals surface area (Å²) in [7, 11) is 3.20. The van der Waals surface area contributed by atoms with Crippen LogP contribution in [-0.2, 0) is 18.9 Å². The number of hydrogen-bond donors (Lipinski definition) is 0. The monoisotopic (exact) mass is 338 g/mol. The second-order valence-electron chi connectivity index (χ2n) is 5.49. The van der Waals surface area contributed by atoms with Crippen molar-refractivity contribution in [2.75, 3.05) is 27.4 Å². The highest BCUT2D eigenvalue weighted by atomic mass is 16.5. The van der Waals surface area contributed by atoms with Gasteiger partial charge in [-0.25, -0.2) is 9.59 Å². The van der Waals surface area contributed by atoms with Gasteiger partial charge in [0.05, 0.1) is 36.5 Å². The lowest BCUT2D eigenvalue weighted by molar-refractivity contribution is 0.0347. The van der Waals surface area contributed by atoms with Crippen LogP contribution in [0.2, 0.25) is 0 Å². The Morgan fingerprint density at radius 2 is 1.21 bits per heavy atom. The van der Waals surface area contributed by atoms with Crippen LogP contribution in [-0.4, -0.2) is 51.6 Å². The first-order valence-corrected chi connectivity index (χ1v) is 7.98. The third-order valence-electron chi connectivity index (χ3n) is 3.69. The smallest absolute Gasteiger partial charge is 0.339 e. The van der Waals surface area contributed by atoms with E-state index in [0.29, 0.717) is 12.8 Å². The van der Waals surface area contributed by atoms with Gasteiger partial charge in [0.15, 0.2) is 0 Å². The summed E-state index contributed by atoms with van der Waals surface area (Å²) in [6, 6.07) is 6.46. The number of benzene rings is 1. The Morgan fingerprint density at radius 1 is 0.833 bits per heavy atom. The van der Waals surface area contributed by atoms with E-state index in [1.165, 1.54) is 0 Å². The predicted octanol–water partition coefficient (Wildman–Crippen LogP) is 2.85. The lowest BCUT2D eigenvalue weighted by atomic mass is 10.1. The number of methoxy groups -OCH3 is 2. The van der Waals surface area contributed by atoms with Crippen LogP contribution >= 0.6 is 0 Å². The summed E-state index contributed by atoms with van der Waals surface area (Å²) in [5.74, 6) is -1.09. The molecule has 1 rings (SSSR count). The van der Waals surface area contributed by atoms with Gasteiger partial charge in [-0.2, -0.15) is 0 Å². The fraction of sp³-hybridized carbons (Fsp3) is 0.556. The highest BCUT2D eigenvalue weighted by Crippen LogP contribution is 2.13. The lowest BCUT2D eigenvalue weighted by Crippen LogP contribution is -2.17. The molecule has 0 bridgehead atoms. The zero-order chi connectivity index (χ0) is 17.9. The van der Waals surface area contributed by atoms with Gasteiger partial charge in [-0.05, 0) is 26.0 Å². The number of rotatable bonds is 10. The van der Waals surface area contributed by atoms with E-state index in [1.807, 2.05) is 13.8 Å². The van der Waals surface area contributed by atoms with Crippen molar-refractivity contribution < 1.29 is 28.5 Å². The van der Waals surface area contributed by atoms with E-state index in [0.717, 1.165) is 0 Å². The second-order valence-corrected chi connectivity index (χ2v) is 5.49. The van der Waals surface area contributed by atoms with Crippen molar-refractivity contribution in [2.45, 2.75) is 38.9 Å². The zero-order valence-electron chi connectivity index (χ0n) is 14.7. The highest BCUT2D eigenvalue weighted by molar-refractivity contribution is 6.03. The molecule has 0 saturated heterocycles. The minimum atomic E-state index is -0.545. The minimum Gasteiger partial charge on any atom is -0.462 e. The number of carbonyl (C=O) groups is 2. The quantitative estimate of drug-likeness (QED) is 0.611. The van der Waals surface area contributed by atoms with Crippen molar-refractivity contribution in [1.82, 2.24) is 0 Å². The van der Waals surface area contributed by atoms with E-state index in [2.05, 4.69) is 0 Å². The van der Waals surface area contributed by atoms with Crippen LogP contribution in [0.4, 0.5) is 0 Å². The predicted molar refractivity (Wildman–Crippen MR) is 89.2 cm³/mol. The Kier molecular flexibility index (Phi) is 9.04. The summed E-state index contributed by atoms with van der Waals surface area (Å²) >= 11 is 0. The fourth-order valence-electron chi connectivity index (χ4n) is 1.87. The van der Waals surface area contributed by atoms with Crippen LogP contribution in [0.15, 0.2) is 24.3 Å². The number of ether oxygens (including phenoxy) is 4. The zero-order valence-corrected chi connectivity index (χ0v) is 14.7. The first kappa shape index (κ1) is 20.1. The van der Waals surface area contributed by atoms with Crippen molar-refractivity contribution in [1.29, 1.82) is 0 Å². The van der Waals surface area contributed by atoms with Crippen LogP contribution in [0.25, 0.3) is 0 Å². The summed E-state index contributed by atoms with van der Waals surface area (Å²) in [6.07, 6.45) is 1.18. The van der Waals surface area contributed by atoms with Gasteiger partial charge in [-0.1, -0.05) is 12.1 Å². The normalized spacial score (nSPS) is 13.2. The van der Waals surface area contributed by atoms with Gasteiger partial charge in [0, 0.05) is 27.1 Å². The Hall–Kier alpha value is -1.92. The summed E-state index contributed by atoms with van der Waals surface area (Å²) in [5, 5.41) is 0. The maximum atomic E-state index is 12.2. The van der Waals surface area contributed by atoms with Gasteiger partial charge in [0.1, 0.15) is 0 Å². The standard InChI is InChI=1S/C18H26O6/c1-13(21-3)9-11-23-17(19)15-7-5-6-8-16(15)18(20)24-12-10-14(2)22-4/h5-8,13-14H,9-12H2,1-4H3/t13-,14-/m1/s1. The van der Waals surface area contributed by atoms with Gasteiger partial charge >= 0.3 is 11.9 Å². The molecule has 0 heterocycles. The van der Waals surface area contributed by atoms with E-state index >= 15 is 0 Å². The average Bonchev–Trinajstić information content (AvgIpc) is 2.60. The molecule has 0 N–H and O–H groups in total.